The summed E-state index contributed by atoms with van der Waals surface area (Å²) in [4.78, 5) is 12.5. The number of aliphatic hydroxyl groups excluding tert-OH is 1. The molecule has 1 aliphatic rings. The van der Waals surface area contributed by atoms with Crippen LogP contribution in [0.3, 0.4) is 0 Å². The molecule has 1 aliphatic heterocycles. The Morgan fingerprint density at radius 1 is 1.46 bits per heavy atom. The average Bonchev–Trinajstić information content (AvgIpc) is 2.97. The molecule has 2 heterocycles. The number of carbonyl (C=O) groups is 1. The zero-order valence-corrected chi connectivity index (χ0v) is 15.7. The van der Waals surface area contributed by atoms with E-state index in [9.17, 15) is 9.90 Å². The number of nitrogens with zero attached hydrogens (tertiary/aromatic N) is 2. The first-order valence-electron chi connectivity index (χ1n) is 8.15. The number of aliphatic hydroxyl groups is 1. The normalized spacial score (nSPS) is 20.0. The topological polar surface area (TPSA) is 54.7 Å². The molecular weight excluding hydrogens is 352 g/mol. The molecule has 1 aromatic carbocycles. The number of rotatable bonds is 5. The summed E-state index contributed by atoms with van der Waals surface area (Å²) in [5, 5.41) is 11.0. The lowest BCUT2D eigenvalue weighted by atomic mass is 9.89. The van der Waals surface area contributed by atoms with E-state index < -0.39 is 5.00 Å². The van der Waals surface area contributed by atoms with E-state index in [-0.39, 0.29) is 12.4 Å². The third-order valence-corrected chi connectivity index (χ3v) is 5.40. The van der Waals surface area contributed by atoms with Crippen molar-refractivity contribution in [2.45, 2.75) is 11.9 Å². The summed E-state index contributed by atoms with van der Waals surface area (Å²) in [6, 6.07) is 5.72. The molecule has 1 atom stereocenters. The van der Waals surface area contributed by atoms with Gasteiger partial charge < -0.3 is 19.3 Å². The van der Waals surface area contributed by atoms with Crippen LogP contribution < -0.4 is 4.74 Å². The third kappa shape index (κ3) is 2.55. The number of allylic oxidation sites excluding steroid dienone is 2. The van der Waals surface area contributed by atoms with Gasteiger partial charge in [0.2, 0.25) is 0 Å². The minimum atomic E-state index is -1.27. The van der Waals surface area contributed by atoms with Gasteiger partial charge in [-0.3, -0.25) is 4.79 Å². The van der Waals surface area contributed by atoms with Gasteiger partial charge in [-0.2, -0.15) is 0 Å². The average molecular weight is 373 g/mol. The van der Waals surface area contributed by atoms with Gasteiger partial charge in [-0.1, -0.05) is 18.2 Å². The molecule has 0 saturated heterocycles. The number of hydrogen-bond donors (Lipinski definition) is 1. The number of fused-ring (bicyclic) bond motifs is 1. The van der Waals surface area contributed by atoms with Crippen LogP contribution in [0.2, 0.25) is 0 Å². The van der Waals surface area contributed by atoms with Crippen molar-refractivity contribution in [2.24, 2.45) is 7.05 Å². The van der Waals surface area contributed by atoms with Gasteiger partial charge in [-0.15, -0.1) is 0 Å². The summed E-state index contributed by atoms with van der Waals surface area (Å²) in [5.74, 6) is 0.542. The van der Waals surface area contributed by atoms with Crippen LogP contribution in [0, 0.1) is 0 Å². The van der Waals surface area contributed by atoms with Crippen molar-refractivity contribution in [1.82, 2.24) is 9.47 Å². The van der Waals surface area contributed by atoms with Crippen LogP contribution in [0.5, 0.6) is 5.75 Å². The van der Waals surface area contributed by atoms with Crippen LogP contribution in [-0.4, -0.2) is 34.1 Å². The number of benzene rings is 1. The molecule has 1 aromatic heterocycles. The molecule has 1 N–H and O–H groups in total. The van der Waals surface area contributed by atoms with Gasteiger partial charge in [0.1, 0.15) is 5.75 Å². The first-order valence-corrected chi connectivity index (χ1v) is 8.53. The molecule has 0 bridgehead atoms. The van der Waals surface area contributed by atoms with Crippen molar-refractivity contribution in [3.8, 4) is 5.75 Å². The highest BCUT2D eigenvalue weighted by molar-refractivity contribution is 6.27. The van der Waals surface area contributed by atoms with Gasteiger partial charge >= 0.3 is 0 Å². The molecule has 0 saturated carbocycles. The zero-order chi connectivity index (χ0) is 19.1. The lowest BCUT2D eigenvalue weighted by Gasteiger charge is -2.41. The number of aryl methyl sites for hydroxylation is 1. The molecule has 0 aliphatic carbocycles. The van der Waals surface area contributed by atoms with Gasteiger partial charge in [0.05, 0.1) is 13.7 Å². The Labute approximate surface area is 157 Å². The van der Waals surface area contributed by atoms with Crippen molar-refractivity contribution in [1.29, 1.82) is 0 Å². The largest absolute Gasteiger partial charge is 0.497 e. The number of hydrogen-bond acceptors (Lipinski definition) is 4. The van der Waals surface area contributed by atoms with Gasteiger partial charge in [-0.05, 0) is 37.4 Å². The molecule has 6 heteroatoms. The number of halogens is 1. The van der Waals surface area contributed by atoms with E-state index in [1.165, 1.54) is 6.92 Å². The predicted molar refractivity (Wildman–Crippen MR) is 103 cm³/mol. The fourth-order valence-electron chi connectivity index (χ4n) is 3.46. The van der Waals surface area contributed by atoms with E-state index in [4.69, 9.17) is 16.3 Å². The molecular formula is C20H21ClN2O3. The quantitative estimate of drug-likeness (QED) is 0.645. The Morgan fingerprint density at radius 3 is 2.77 bits per heavy atom. The maximum absolute atomic E-state index is 12.1. The number of methoxy groups -OCH3 is 1. The first kappa shape index (κ1) is 18.3. The third-order valence-electron chi connectivity index (χ3n) is 4.77. The molecule has 136 valence electrons. The molecule has 1 unspecified atom stereocenters. The lowest BCUT2D eigenvalue weighted by Crippen LogP contribution is -2.41. The molecule has 5 nitrogen and oxygen atoms in total. The molecule has 3 rings (SSSR count). The Bertz CT molecular complexity index is 957. The molecule has 0 spiro atoms. The van der Waals surface area contributed by atoms with Crippen molar-refractivity contribution < 1.29 is 14.6 Å². The predicted octanol–water partition coefficient (Wildman–Crippen LogP) is 3.43. The van der Waals surface area contributed by atoms with E-state index >= 15 is 0 Å². The van der Waals surface area contributed by atoms with Crippen molar-refractivity contribution in [3.63, 3.8) is 0 Å². The fourth-order valence-corrected chi connectivity index (χ4v) is 3.90. The SMILES string of the molecule is C=CN1C=CC(C(C)=O)=C(CO)C1(Cl)c1cn(C)c2ccc(OC)cc12. The second-order valence-electron chi connectivity index (χ2n) is 6.17. The van der Waals surface area contributed by atoms with Crippen molar-refractivity contribution >= 4 is 28.3 Å². The minimum Gasteiger partial charge on any atom is -0.497 e. The second-order valence-corrected chi connectivity index (χ2v) is 6.72. The molecule has 0 radical (unpaired) electrons. The fraction of sp³-hybridized carbons (Fsp3) is 0.250. The Hall–Kier alpha value is -2.50. The summed E-state index contributed by atoms with van der Waals surface area (Å²) < 4.78 is 7.31. The first-order chi connectivity index (χ1) is 12.4. The highest BCUT2D eigenvalue weighted by Gasteiger charge is 2.43. The number of ether oxygens (including phenoxy) is 1. The van der Waals surface area contributed by atoms with E-state index in [0.717, 1.165) is 16.5 Å². The standard InChI is InChI=1S/C20H21ClN2O3/c1-5-23-9-8-15(13(2)25)18(12-24)20(23,21)17-11-22(3)19-7-6-14(26-4)10-16(17)19/h5-11,24H,1,12H2,2-4H3. The highest BCUT2D eigenvalue weighted by Crippen LogP contribution is 2.48. The monoisotopic (exact) mass is 372 g/mol. The molecule has 0 amide bonds. The summed E-state index contributed by atoms with van der Waals surface area (Å²) in [6.45, 7) is 4.94. The Kier molecular flexibility index (Phi) is 4.69. The lowest BCUT2D eigenvalue weighted by molar-refractivity contribution is -0.113. The van der Waals surface area contributed by atoms with E-state index in [0.29, 0.717) is 16.9 Å². The minimum absolute atomic E-state index is 0.156. The highest BCUT2D eigenvalue weighted by atomic mass is 35.5. The molecule has 2 aromatic rings. The summed E-state index contributed by atoms with van der Waals surface area (Å²) in [5.41, 5.74) is 2.52. The summed E-state index contributed by atoms with van der Waals surface area (Å²) >= 11 is 7.14. The van der Waals surface area contributed by atoms with Crippen LogP contribution in [0.1, 0.15) is 12.5 Å². The van der Waals surface area contributed by atoms with Crippen LogP contribution in [0.25, 0.3) is 10.9 Å². The summed E-state index contributed by atoms with van der Waals surface area (Å²) in [6.07, 6.45) is 6.84. The van der Waals surface area contributed by atoms with Gasteiger partial charge in [0, 0.05) is 47.1 Å². The number of ketones is 1. The van der Waals surface area contributed by atoms with Crippen LogP contribution >= 0.6 is 11.6 Å². The van der Waals surface area contributed by atoms with Gasteiger partial charge in [0.25, 0.3) is 0 Å². The number of aromatic nitrogens is 1. The number of alkyl halides is 1. The maximum Gasteiger partial charge on any atom is 0.171 e. The number of Topliss-reactive ketones (excluding diaryl/α,β-unsaturated/α-hetero) is 1. The van der Waals surface area contributed by atoms with E-state index in [1.54, 1.807) is 30.5 Å². The van der Waals surface area contributed by atoms with Crippen molar-refractivity contribution in [2.75, 3.05) is 13.7 Å². The summed E-state index contributed by atoms with van der Waals surface area (Å²) in [7, 11) is 3.52. The molecule has 26 heavy (non-hydrogen) atoms. The van der Waals surface area contributed by atoms with Crippen LogP contribution in [-0.2, 0) is 16.8 Å². The van der Waals surface area contributed by atoms with Crippen LogP contribution in [0.15, 0.2) is 60.6 Å². The van der Waals surface area contributed by atoms with Gasteiger partial charge in [-0.25, -0.2) is 0 Å². The van der Waals surface area contributed by atoms with E-state index in [1.807, 2.05) is 36.0 Å². The zero-order valence-electron chi connectivity index (χ0n) is 15.0. The second kappa shape index (κ2) is 6.67. The van der Waals surface area contributed by atoms with Gasteiger partial charge in [0.15, 0.2) is 10.8 Å². The van der Waals surface area contributed by atoms with E-state index in [2.05, 4.69) is 6.58 Å². The molecule has 0 fully saturated rings. The van der Waals surface area contributed by atoms with Crippen LogP contribution in [0.4, 0.5) is 0 Å². The maximum atomic E-state index is 12.1. The Balaban J connectivity index is 2.38. The number of carbonyl (C=O) groups excluding carboxylic acids is 1. The van der Waals surface area contributed by atoms with Crippen molar-refractivity contribution in [3.05, 3.63) is 66.2 Å². The smallest absolute Gasteiger partial charge is 0.171 e. The Morgan fingerprint density at radius 2 is 2.19 bits per heavy atom.